The second-order valence-corrected chi connectivity index (χ2v) is 7.37. The molecule has 1 aromatic carbocycles. The Kier molecular flexibility index (Phi) is 8.62. The van der Waals surface area contributed by atoms with E-state index in [1.807, 2.05) is 13.8 Å². The summed E-state index contributed by atoms with van der Waals surface area (Å²) in [6.07, 6.45) is 3.50. The van der Waals surface area contributed by atoms with Gasteiger partial charge in [-0.05, 0) is 37.1 Å². The molecule has 0 radical (unpaired) electrons. The van der Waals surface area contributed by atoms with E-state index in [0.29, 0.717) is 18.8 Å². The average Bonchev–Trinajstić information content (AvgIpc) is 2.63. The highest BCUT2D eigenvalue weighted by Crippen LogP contribution is 2.19. The number of benzene rings is 1. The highest BCUT2D eigenvalue weighted by atomic mass is 32.2. The van der Waals surface area contributed by atoms with Crippen LogP contribution in [0.5, 0.6) is 0 Å². The molecule has 0 aliphatic carbocycles. The van der Waals surface area contributed by atoms with Gasteiger partial charge in [-0.2, -0.15) is 19.9 Å². The van der Waals surface area contributed by atoms with Crippen LogP contribution in [-0.4, -0.2) is 31.5 Å². The molecule has 0 saturated carbocycles. The highest BCUT2D eigenvalue weighted by molar-refractivity contribution is 7.89. The summed E-state index contributed by atoms with van der Waals surface area (Å²) in [7, 11) is -3.54. The lowest BCUT2D eigenvalue weighted by molar-refractivity contribution is 0.395. The van der Waals surface area contributed by atoms with Gasteiger partial charge in [0.1, 0.15) is 12.1 Å². The van der Waals surface area contributed by atoms with Crippen molar-refractivity contribution in [3.63, 3.8) is 0 Å². The Hall–Kier alpha value is -2.42. The minimum Gasteiger partial charge on any atom is -0.277 e. The van der Waals surface area contributed by atoms with Crippen LogP contribution in [0.2, 0.25) is 0 Å². The van der Waals surface area contributed by atoms with Crippen molar-refractivity contribution in [2.75, 3.05) is 18.5 Å². The molecule has 8 heteroatoms. The molecule has 1 N–H and O–H groups in total. The van der Waals surface area contributed by atoms with Crippen molar-refractivity contribution in [2.24, 2.45) is 5.10 Å². The van der Waals surface area contributed by atoms with E-state index >= 15 is 0 Å². The van der Waals surface area contributed by atoms with E-state index < -0.39 is 10.0 Å². The van der Waals surface area contributed by atoms with Crippen molar-refractivity contribution in [1.29, 1.82) is 10.5 Å². The smallest absolute Gasteiger partial charge is 0.243 e. The maximum Gasteiger partial charge on any atom is 0.243 e. The van der Waals surface area contributed by atoms with E-state index in [4.69, 9.17) is 10.5 Å². The lowest BCUT2D eigenvalue weighted by atomic mass is 10.3. The quantitative estimate of drug-likeness (QED) is 0.509. The van der Waals surface area contributed by atoms with Gasteiger partial charge in [0.05, 0.1) is 10.6 Å². The first-order chi connectivity index (χ1) is 12.0. The lowest BCUT2D eigenvalue weighted by Crippen LogP contribution is -2.33. The van der Waals surface area contributed by atoms with Gasteiger partial charge in [0.15, 0.2) is 0 Å². The number of nitrogens with zero attached hydrogens (tertiary/aromatic N) is 4. The molecule has 0 saturated heterocycles. The zero-order valence-corrected chi connectivity index (χ0v) is 15.4. The number of rotatable bonds is 10. The fourth-order valence-corrected chi connectivity index (χ4v) is 3.58. The first-order valence-corrected chi connectivity index (χ1v) is 9.67. The van der Waals surface area contributed by atoms with E-state index in [0.717, 1.165) is 25.7 Å². The van der Waals surface area contributed by atoms with Gasteiger partial charge in [-0.1, -0.05) is 26.7 Å². The summed E-state index contributed by atoms with van der Waals surface area (Å²) in [6.45, 7) is 5.08. The number of hydrazone groups is 1. The van der Waals surface area contributed by atoms with Gasteiger partial charge in [-0.25, -0.2) is 8.42 Å². The van der Waals surface area contributed by atoms with E-state index in [1.54, 1.807) is 24.3 Å². The minimum atomic E-state index is -3.54. The summed E-state index contributed by atoms with van der Waals surface area (Å²) in [5.41, 5.74) is 2.75. The molecule has 0 heterocycles. The third-order valence-corrected chi connectivity index (χ3v) is 5.44. The minimum absolute atomic E-state index is 0.218. The molecule has 0 unspecified atom stereocenters. The van der Waals surface area contributed by atoms with Gasteiger partial charge in [0, 0.05) is 13.1 Å². The fourth-order valence-electron chi connectivity index (χ4n) is 2.07. The topological polar surface area (TPSA) is 109 Å². The molecule has 0 aromatic heterocycles. The Morgan fingerprint density at radius 3 is 2.04 bits per heavy atom. The first-order valence-electron chi connectivity index (χ1n) is 8.23. The number of unbranched alkanes of at least 4 members (excludes halogenated alkanes) is 2. The van der Waals surface area contributed by atoms with Gasteiger partial charge in [0.2, 0.25) is 15.7 Å². The molecule has 7 nitrogen and oxygen atoms in total. The SMILES string of the molecule is CCCCN(CCCC)S(=O)(=O)c1ccc(NN=C(C#N)C#N)cc1. The van der Waals surface area contributed by atoms with Crippen molar-refractivity contribution in [3.8, 4) is 12.1 Å². The first kappa shape index (κ1) is 20.6. The van der Waals surface area contributed by atoms with Crippen LogP contribution in [0.25, 0.3) is 0 Å². The monoisotopic (exact) mass is 361 g/mol. The van der Waals surface area contributed by atoms with Crippen molar-refractivity contribution in [2.45, 2.75) is 44.4 Å². The second kappa shape index (κ2) is 10.4. The number of hydrogen-bond donors (Lipinski definition) is 1. The summed E-state index contributed by atoms with van der Waals surface area (Å²) in [5, 5.41) is 20.9. The molecule has 1 aromatic rings. The van der Waals surface area contributed by atoms with Gasteiger partial charge in [0.25, 0.3) is 0 Å². The maximum absolute atomic E-state index is 12.8. The Bertz CT molecular complexity index is 734. The van der Waals surface area contributed by atoms with Crippen molar-refractivity contribution in [3.05, 3.63) is 24.3 Å². The molecule has 0 bridgehead atoms. The van der Waals surface area contributed by atoms with Crippen molar-refractivity contribution in [1.82, 2.24) is 4.31 Å². The molecule has 0 amide bonds. The third kappa shape index (κ3) is 6.18. The standard InChI is InChI=1S/C17H23N5O2S/c1-3-5-11-22(12-6-4-2)25(23,24)17-9-7-15(8-10-17)20-21-16(13-18)14-19/h7-10,20H,3-6,11-12H2,1-2H3. The predicted octanol–water partition coefficient (Wildman–Crippen LogP) is 3.09. The Morgan fingerprint density at radius 2 is 1.60 bits per heavy atom. The van der Waals surface area contributed by atoms with E-state index in [-0.39, 0.29) is 10.6 Å². The van der Waals surface area contributed by atoms with E-state index in [2.05, 4.69) is 10.5 Å². The highest BCUT2D eigenvalue weighted by Gasteiger charge is 2.23. The second-order valence-electron chi connectivity index (χ2n) is 5.43. The van der Waals surface area contributed by atoms with Gasteiger partial charge in [-0.15, -0.1) is 0 Å². The largest absolute Gasteiger partial charge is 0.277 e. The molecule has 134 valence electrons. The van der Waals surface area contributed by atoms with Crippen LogP contribution < -0.4 is 5.43 Å². The van der Waals surface area contributed by atoms with Crippen LogP contribution in [0.15, 0.2) is 34.3 Å². The predicted molar refractivity (Wildman–Crippen MR) is 97.3 cm³/mol. The van der Waals surface area contributed by atoms with Crippen LogP contribution in [-0.2, 0) is 10.0 Å². The molecular weight excluding hydrogens is 338 g/mol. The van der Waals surface area contributed by atoms with E-state index in [9.17, 15) is 8.42 Å². The van der Waals surface area contributed by atoms with Crippen LogP contribution in [0.3, 0.4) is 0 Å². The van der Waals surface area contributed by atoms with Crippen LogP contribution in [0.4, 0.5) is 5.69 Å². The lowest BCUT2D eigenvalue weighted by Gasteiger charge is -2.22. The zero-order valence-electron chi connectivity index (χ0n) is 14.6. The van der Waals surface area contributed by atoms with Gasteiger partial charge in [-0.3, -0.25) is 5.43 Å². The maximum atomic E-state index is 12.8. The Morgan fingerprint density at radius 1 is 1.08 bits per heavy atom. The summed E-state index contributed by atoms with van der Waals surface area (Å²) < 4.78 is 27.1. The van der Waals surface area contributed by atoms with Crippen molar-refractivity contribution < 1.29 is 8.42 Å². The van der Waals surface area contributed by atoms with Gasteiger partial charge >= 0.3 is 0 Å². The normalized spacial score (nSPS) is 10.8. The summed E-state index contributed by atoms with van der Waals surface area (Å²) in [4.78, 5) is 0.218. The molecule has 0 aliphatic heterocycles. The van der Waals surface area contributed by atoms with Crippen LogP contribution >= 0.6 is 0 Å². The Labute approximate surface area is 149 Å². The molecule has 1 rings (SSSR count). The van der Waals surface area contributed by atoms with Gasteiger partial charge < -0.3 is 0 Å². The van der Waals surface area contributed by atoms with Crippen LogP contribution in [0, 0.1) is 22.7 Å². The number of nitrogens with one attached hydrogen (secondary N) is 1. The van der Waals surface area contributed by atoms with Crippen LogP contribution in [0.1, 0.15) is 39.5 Å². The Balaban J connectivity index is 2.95. The zero-order chi connectivity index (χ0) is 18.7. The fraction of sp³-hybridized carbons (Fsp3) is 0.471. The number of anilines is 1. The number of sulfonamides is 1. The molecule has 0 spiro atoms. The molecule has 0 aliphatic rings. The molecule has 25 heavy (non-hydrogen) atoms. The summed E-state index contributed by atoms with van der Waals surface area (Å²) in [5.74, 6) is 0. The molecule has 0 atom stereocenters. The number of nitriles is 2. The number of hydrogen-bond acceptors (Lipinski definition) is 6. The average molecular weight is 361 g/mol. The molecule has 0 fully saturated rings. The summed E-state index contributed by atoms with van der Waals surface area (Å²) in [6, 6.07) is 9.38. The molecular formula is C17H23N5O2S. The summed E-state index contributed by atoms with van der Waals surface area (Å²) >= 11 is 0. The van der Waals surface area contributed by atoms with Crippen molar-refractivity contribution >= 4 is 21.4 Å². The third-order valence-electron chi connectivity index (χ3n) is 3.52. The van der Waals surface area contributed by atoms with E-state index in [1.165, 1.54) is 16.4 Å².